The predicted molar refractivity (Wildman–Crippen MR) is 109 cm³/mol. The van der Waals surface area contributed by atoms with Gasteiger partial charge in [-0.15, -0.1) is 11.3 Å². The van der Waals surface area contributed by atoms with Gasteiger partial charge >= 0.3 is 0 Å². The first-order valence-electron chi connectivity index (χ1n) is 9.44. The predicted octanol–water partition coefficient (Wildman–Crippen LogP) is 2.56. The Bertz CT molecular complexity index is 820. The molecule has 1 aliphatic heterocycles. The van der Waals surface area contributed by atoms with Crippen LogP contribution in [-0.2, 0) is 0 Å². The van der Waals surface area contributed by atoms with Gasteiger partial charge in [0.15, 0.2) is 0 Å². The molecule has 0 bridgehead atoms. The highest BCUT2D eigenvalue weighted by atomic mass is 32.1. The number of aryl methyl sites for hydroxylation is 1. The van der Waals surface area contributed by atoms with Gasteiger partial charge in [-0.1, -0.05) is 0 Å². The topological polar surface area (TPSA) is 85.6 Å². The molecule has 2 aromatic rings. The molecule has 0 saturated carbocycles. The van der Waals surface area contributed by atoms with Crippen LogP contribution in [0.15, 0.2) is 36.4 Å². The van der Waals surface area contributed by atoms with Crippen molar-refractivity contribution in [1.29, 1.82) is 5.26 Å². The van der Waals surface area contributed by atoms with Gasteiger partial charge in [-0.2, -0.15) is 5.26 Å². The van der Waals surface area contributed by atoms with Crippen molar-refractivity contribution in [3.8, 4) is 11.8 Å². The second kappa shape index (κ2) is 9.69. The molecule has 1 fully saturated rings. The fourth-order valence-corrected chi connectivity index (χ4v) is 4.01. The molecule has 7 heteroatoms. The number of ether oxygens (including phenoxy) is 1. The number of hydrogen-bond acceptors (Lipinski definition) is 6. The number of β-amino-alcohol motifs (C(OH)–C–C–N with tert-alkyl or cyclic N) is 1. The normalized spacial score (nSPS) is 16.3. The number of piperidine rings is 1. The van der Waals surface area contributed by atoms with Crippen LogP contribution >= 0.6 is 11.3 Å². The van der Waals surface area contributed by atoms with Crippen LogP contribution in [0.4, 0.5) is 0 Å². The van der Waals surface area contributed by atoms with E-state index in [1.165, 1.54) is 11.3 Å². The smallest absolute Gasteiger partial charge is 0.261 e. The molecule has 1 saturated heterocycles. The number of carbonyl (C=O) groups excluding carboxylic acids is 1. The number of hydrogen-bond donors (Lipinski definition) is 2. The number of benzene rings is 1. The molecular weight excluding hydrogens is 374 g/mol. The Kier molecular flexibility index (Phi) is 7.04. The third-order valence-corrected chi connectivity index (χ3v) is 5.78. The molecule has 148 valence electrons. The second-order valence-corrected chi connectivity index (χ2v) is 8.35. The molecule has 3 rings (SSSR count). The highest BCUT2D eigenvalue weighted by Crippen LogP contribution is 2.17. The van der Waals surface area contributed by atoms with Crippen molar-refractivity contribution in [2.45, 2.75) is 31.9 Å². The van der Waals surface area contributed by atoms with Gasteiger partial charge in [0.2, 0.25) is 0 Å². The number of nitrogens with one attached hydrogen (secondary N) is 1. The minimum Gasteiger partial charge on any atom is -0.491 e. The van der Waals surface area contributed by atoms with E-state index in [9.17, 15) is 9.90 Å². The summed E-state index contributed by atoms with van der Waals surface area (Å²) < 4.78 is 5.59. The van der Waals surface area contributed by atoms with E-state index in [0.717, 1.165) is 35.7 Å². The number of nitrogens with zero attached hydrogens (tertiary/aromatic N) is 2. The highest BCUT2D eigenvalue weighted by molar-refractivity contribution is 7.13. The molecule has 2 heterocycles. The first-order valence-corrected chi connectivity index (χ1v) is 10.3. The summed E-state index contributed by atoms with van der Waals surface area (Å²) >= 11 is 1.51. The zero-order valence-electron chi connectivity index (χ0n) is 15.9. The fourth-order valence-electron chi connectivity index (χ4n) is 3.24. The Morgan fingerprint density at radius 3 is 2.64 bits per heavy atom. The molecule has 1 aromatic heterocycles. The molecule has 1 aliphatic rings. The van der Waals surface area contributed by atoms with Crippen molar-refractivity contribution in [3.63, 3.8) is 0 Å². The Morgan fingerprint density at radius 1 is 1.32 bits per heavy atom. The Balaban J connectivity index is 1.36. The number of likely N-dealkylation sites (tertiary alicyclic amines) is 1. The zero-order chi connectivity index (χ0) is 19.9. The molecule has 1 aromatic carbocycles. The maximum absolute atomic E-state index is 12.3. The Hall–Kier alpha value is -2.40. The molecule has 6 nitrogen and oxygen atoms in total. The van der Waals surface area contributed by atoms with Gasteiger partial charge in [-0.3, -0.25) is 4.79 Å². The molecule has 0 spiro atoms. The molecule has 0 aliphatic carbocycles. The van der Waals surface area contributed by atoms with Crippen molar-refractivity contribution in [2.75, 3.05) is 26.2 Å². The molecule has 0 radical (unpaired) electrons. The van der Waals surface area contributed by atoms with Gasteiger partial charge in [-0.25, -0.2) is 0 Å². The summed E-state index contributed by atoms with van der Waals surface area (Å²) in [5.74, 6) is 0.649. The minimum absolute atomic E-state index is 0.00685. The average Bonchev–Trinajstić information content (AvgIpc) is 3.15. The quantitative estimate of drug-likeness (QED) is 0.747. The molecule has 1 atom stereocenters. The van der Waals surface area contributed by atoms with Crippen LogP contribution in [0.25, 0.3) is 0 Å². The van der Waals surface area contributed by atoms with E-state index >= 15 is 0 Å². The van der Waals surface area contributed by atoms with Crippen molar-refractivity contribution < 1.29 is 14.6 Å². The third-order valence-electron chi connectivity index (χ3n) is 4.78. The molecule has 2 N–H and O–H groups in total. The van der Waals surface area contributed by atoms with Crippen molar-refractivity contribution in [3.05, 3.63) is 51.7 Å². The summed E-state index contributed by atoms with van der Waals surface area (Å²) in [4.78, 5) is 16.4. The van der Waals surface area contributed by atoms with Crippen LogP contribution in [0.2, 0.25) is 0 Å². The number of aliphatic hydroxyl groups is 1. The maximum Gasteiger partial charge on any atom is 0.261 e. The van der Waals surface area contributed by atoms with E-state index < -0.39 is 6.10 Å². The van der Waals surface area contributed by atoms with E-state index in [-0.39, 0.29) is 18.6 Å². The first-order chi connectivity index (χ1) is 13.5. The summed E-state index contributed by atoms with van der Waals surface area (Å²) in [5.41, 5.74) is 0.581. The van der Waals surface area contributed by atoms with E-state index in [2.05, 4.69) is 16.3 Å². The summed E-state index contributed by atoms with van der Waals surface area (Å²) in [6.45, 7) is 4.42. The lowest BCUT2D eigenvalue weighted by Gasteiger charge is -2.33. The van der Waals surface area contributed by atoms with Gasteiger partial charge in [0.25, 0.3) is 5.91 Å². The van der Waals surface area contributed by atoms with Gasteiger partial charge in [-0.05, 0) is 56.2 Å². The number of aliphatic hydroxyl groups excluding tert-OH is 1. The molecule has 28 heavy (non-hydrogen) atoms. The lowest BCUT2D eigenvalue weighted by Crippen LogP contribution is -2.47. The number of amides is 1. The number of carbonyl (C=O) groups is 1. The fraction of sp³-hybridized carbons (Fsp3) is 0.429. The molecule has 1 amide bonds. The van der Waals surface area contributed by atoms with Crippen LogP contribution in [0, 0.1) is 18.3 Å². The van der Waals surface area contributed by atoms with Crippen LogP contribution in [0.3, 0.4) is 0 Å². The van der Waals surface area contributed by atoms with E-state index in [4.69, 9.17) is 10.00 Å². The van der Waals surface area contributed by atoms with Crippen molar-refractivity contribution in [2.24, 2.45) is 0 Å². The molecule has 1 unspecified atom stereocenters. The van der Waals surface area contributed by atoms with Crippen molar-refractivity contribution >= 4 is 17.2 Å². The van der Waals surface area contributed by atoms with E-state index in [1.807, 2.05) is 19.1 Å². The average molecular weight is 400 g/mol. The lowest BCUT2D eigenvalue weighted by atomic mass is 10.0. The SMILES string of the molecule is Cc1ccc(C(=O)NC2CCN(CC(O)COc3ccc(C#N)cc3)CC2)s1. The Labute approximate surface area is 169 Å². The standard InChI is InChI=1S/C21H25N3O3S/c1-15-2-7-20(28-15)21(26)23-17-8-10-24(11-9-17)13-18(25)14-27-19-5-3-16(12-22)4-6-19/h2-7,17-18,25H,8-11,13-14H2,1H3,(H,23,26). The van der Waals surface area contributed by atoms with Gasteiger partial charge in [0, 0.05) is 30.6 Å². The summed E-state index contributed by atoms with van der Waals surface area (Å²) in [6.07, 6.45) is 1.16. The van der Waals surface area contributed by atoms with E-state index in [1.54, 1.807) is 24.3 Å². The van der Waals surface area contributed by atoms with Gasteiger partial charge in [0.1, 0.15) is 18.5 Å². The van der Waals surface area contributed by atoms with Crippen molar-refractivity contribution in [1.82, 2.24) is 10.2 Å². The van der Waals surface area contributed by atoms with E-state index in [0.29, 0.717) is 17.9 Å². The number of thiophene rings is 1. The van der Waals surface area contributed by atoms with Gasteiger partial charge in [0.05, 0.1) is 16.5 Å². The van der Waals surface area contributed by atoms with Crippen LogP contribution < -0.4 is 10.1 Å². The third kappa shape index (κ3) is 5.80. The largest absolute Gasteiger partial charge is 0.491 e. The lowest BCUT2D eigenvalue weighted by molar-refractivity contribution is 0.0568. The summed E-state index contributed by atoms with van der Waals surface area (Å²) in [5, 5.41) is 22.1. The first kappa shape index (κ1) is 20.3. The number of rotatable bonds is 7. The summed E-state index contributed by atoms with van der Waals surface area (Å²) in [6, 6.07) is 12.9. The second-order valence-electron chi connectivity index (χ2n) is 7.06. The molecular formula is C21H25N3O3S. The highest BCUT2D eigenvalue weighted by Gasteiger charge is 2.23. The monoisotopic (exact) mass is 399 g/mol. The van der Waals surface area contributed by atoms with Gasteiger partial charge < -0.3 is 20.1 Å². The van der Waals surface area contributed by atoms with Crippen LogP contribution in [0.1, 0.15) is 33.0 Å². The van der Waals surface area contributed by atoms with Crippen LogP contribution in [0.5, 0.6) is 5.75 Å². The minimum atomic E-state index is -0.587. The summed E-state index contributed by atoms with van der Waals surface area (Å²) in [7, 11) is 0. The zero-order valence-corrected chi connectivity index (χ0v) is 16.7. The van der Waals surface area contributed by atoms with Crippen LogP contribution in [-0.4, -0.2) is 54.3 Å². The Morgan fingerprint density at radius 2 is 2.04 bits per heavy atom. The number of nitriles is 1. The maximum atomic E-state index is 12.3.